The maximum absolute atomic E-state index is 13.9. The maximum Gasteiger partial charge on any atom is 0.416 e. The molecule has 5 rings (SSSR count). The van der Waals surface area contributed by atoms with Crippen molar-refractivity contribution >= 4 is 12.0 Å². The molecule has 2 atom stereocenters. The van der Waals surface area contributed by atoms with Gasteiger partial charge in [-0.3, -0.25) is 4.68 Å². The fourth-order valence-corrected chi connectivity index (χ4v) is 6.80. The van der Waals surface area contributed by atoms with E-state index in [1.165, 1.54) is 6.42 Å². The van der Waals surface area contributed by atoms with Crippen molar-refractivity contribution in [2.75, 3.05) is 24.5 Å². The summed E-state index contributed by atoms with van der Waals surface area (Å²) in [5.74, 6) is 0.588. The Morgan fingerprint density at radius 2 is 1.55 bits per heavy atom. The normalized spacial score (nSPS) is 19.3. The number of likely N-dealkylation sites (tertiary alicyclic amines) is 1. The smallest absolute Gasteiger partial charge is 0.332 e. The Labute approximate surface area is 270 Å². The lowest BCUT2D eigenvalue weighted by molar-refractivity contribution is -0.143. The molecule has 1 saturated carbocycles. The van der Waals surface area contributed by atoms with Crippen LogP contribution in [0.2, 0.25) is 0 Å². The topological polar surface area (TPSA) is 70.4 Å². The summed E-state index contributed by atoms with van der Waals surface area (Å²) in [5, 5.41) is 4.15. The van der Waals surface area contributed by atoms with Gasteiger partial charge in [-0.1, -0.05) is 26.2 Å². The Balaban J connectivity index is 1.48. The van der Waals surface area contributed by atoms with Crippen LogP contribution in [0.15, 0.2) is 43.0 Å². The number of urea groups is 1. The van der Waals surface area contributed by atoms with Crippen LogP contribution in [0.3, 0.4) is 0 Å². The molecule has 47 heavy (non-hydrogen) atoms. The molecule has 3 aromatic rings. The number of hydrogen-bond acceptors (Lipinski definition) is 5. The number of halogens is 6. The van der Waals surface area contributed by atoms with E-state index in [1.54, 1.807) is 46.3 Å². The second kappa shape index (κ2) is 14.1. The molecule has 256 valence electrons. The second-order valence-electron chi connectivity index (χ2n) is 12.6. The lowest BCUT2D eigenvalue weighted by atomic mass is 9.89. The first-order valence-corrected chi connectivity index (χ1v) is 16.2. The molecule has 0 radical (unpaired) electrons. The van der Waals surface area contributed by atoms with Crippen LogP contribution in [0.1, 0.15) is 75.5 Å². The molecule has 2 aromatic heterocycles. The summed E-state index contributed by atoms with van der Waals surface area (Å²) < 4.78 is 84.2. The number of alkyl halides is 6. The summed E-state index contributed by atoms with van der Waals surface area (Å²) in [4.78, 5) is 28.3. The summed E-state index contributed by atoms with van der Waals surface area (Å²) in [5.41, 5.74) is -1.55. The molecule has 3 heterocycles. The van der Waals surface area contributed by atoms with Gasteiger partial charge in [-0.05, 0) is 62.3 Å². The van der Waals surface area contributed by atoms with Gasteiger partial charge < -0.3 is 14.7 Å². The van der Waals surface area contributed by atoms with Crippen LogP contribution in [-0.4, -0.2) is 67.3 Å². The van der Waals surface area contributed by atoms with Crippen molar-refractivity contribution in [3.05, 3.63) is 59.7 Å². The van der Waals surface area contributed by atoms with Gasteiger partial charge in [-0.15, -0.1) is 0 Å². The van der Waals surface area contributed by atoms with E-state index in [1.807, 2.05) is 18.7 Å². The molecule has 2 aliphatic rings. The Kier molecular flexibility index (Phi) is 10.4. The fraction of sp³-hybridized carbons (Fsp3) is 0.576. The van der Waals surface area contributed by atoms with Gasteiger partial charge in [-0.25, -0.2) is 14.8 Å². The summed E-state index contributed by atoms with van der Waals surface area (Å²) in [6.07, 6.45) is 3.34. The Morgan fingerprint density at radius 3 is 2.09 bits per heavy atom. The van der Waals surface area contributed by atoms with Crippen LogP contribution in [0.4, 0.5) is 37.1 Å². The number of rotatable bonds is 9. The van der Waals surface area contributed by atoms with Gasteiger partial charge >= 0.3 is 18.4 Å². The molecule has 0 unspecified atom stereocenters. The number of carbonyl (C=O) groups excluding carboxylic acids is 1. The van der Waals surface area contributed by atoms with E-state index >= 15 is 0 Å². The van der Waals surface area contributed by atoms with Crippen LogP contribution in [0, 0.1) is 5.92 Å². The van der Waals surface area contributed by atoms with Crippen molar-refractivity contribution < 1.29 is 31.1 Å². The molecular formula is C33H41F6N7O. The highest BCUT2D eigenvalue weighted by molar-refractivity contribution is 5.75. The minimum Gasteiger partial charge on any atom is -0.332 e. The standard InChI is InChI=1S/C33H41F6N7O/c1-4-28-14-29(21-46(28)31(47)44(5-2)18-22-9-7-6-8-10-22)45(30-40-15-24(16-41-30)25-17-42-43(3)20-25)19-23-11-26(32(34,35)36)13-27(12-23)33(37,38)39/h11-13,15-17,20,22,28-29H,4-10,14,18-19,21H2,1-3H3/t28-,29+/m1/s1. The van der Waals surface area contributed by atoms with Gasteiger partial charge in [0.2, 0.25) is 5.95 Å². The van der Waals surface area contributed by atoms with Crippen molar-refractivity contribution in [3.63, 3.8) is 0 Å². The molecule has 1 aliphatic heterocycles. The third kappa shape index (κ3) is 8.18. The first-order chi connectivity index (χ1) is 22.3. The summed E-state index contributed by atoms with van der Waals surface area (Å²) in [7, 11) is 1.76. The molecule has 0 spiro atoms. The Hall–Kier alpha value is -3.84. The number of aryl methyl sites for hydroxylation is 1. The summed E-state index contributed by atoms with van der Waals surface area (Å²) in [6, 6.07) is 0.887. The van der Waals surface area contributed by atoms with Crippen LogP contribution < -0.4 is 4.90 Å². The predicted octanol–water partition coefficient (Wildman–Crippen LogP) is 7.80. The number of anilines is 1. The van der Waals surface area contributed by atoms with E-state index in [0.29, 0.717) is 37.4 Å². The van der Waals surface area contributed by atoms with Crippen molar-refractivity contribution in [3.8, 4) is 11.1 Å². The van der Waals surface area contributed by atoms with E-state index in [9.17, 15) is 31.1 Å². The third-order valence-electron chi connectivity index (χ3n) is 9.34. The summed E-state index contributed by atoms with van der Waals surface area (Å²) >= 11 is 0. The zero-order valence-corrected chi connectivity index (χ0v) is 26.9. The molecule has 1 aliphatic carbocycles. The van der Waals surface area contributed by atoms with Gasteiger partial charge in [0.1, 0.15) is 0 Å². The quantitative estimate of drug-likeness (QED) is 0.218. The molecule has 2 fully saturated rings. The van der Waals surface area contributed by atoms with E-state index in [4.69, 9.17) is 0 Å². The Morgan fingerprint density at radius 1 is 0.915 bits per heavy atom. The number of benzene rings is 1. The first kappa shape index (κ1) is 34.5. The van der Waals surface area contributed by atoms with Crippen molar-refractivity contribution in [1.82, 2.24) is 29.5 Å². The molecule has 8 nitrogen and oxygen atoms in total. The lowest BCUT2D eigenvalue weighted by Gasteiger charge is -2.34. The second-order valence-corrected chi connectivity index (χ2v) is 12.6. The molecular weight excluding hydrogens is 624 g/mol. The zero-order chi connectivity index (χ0) is 33.9. The number of amides is 2. The average molecular weight is 666 g/mol. The van der Waals surface area contributed by atoms with E-state index in [-0.39, 0.29) is 42.7 Å². The molecule has 0 bridgehead atoms. The van der Waals surface area contributed by atoms with Gasteiger partial charge in [0.15, 0.2) is 0 Å². The SMILES string of the molecule is CC[C@@H]1C[C@H](N(Cc2cc(C(F)(F)F)cc(C(F)(F)F)c2)c2ncc(-c3cnn(C)c3)cn2)CN1C(=O)N(CC)CC1CCCCC1. The molecule has 2 amide bonds. The third-order valence-corrected chi connectivity index (χ3v) is 9.34. The predicted molar refractivity (Wildman–Crippen MR) is 165 cm³/mol. The first-order valence-electron chi connectivity index (χ1n) is 16.2. The number of aromatic nitrogens is 4. The van der Waals surface area contributed by atoms with E-state index < -0.39 is 29.5 Å². The number of carbonyl (C=O) groups is 1. The minimum absolute atomic E-state index is 0.0985. The van der Waals surface area contributed by atoms with E-state index in [2.05, 4.69) is 15.1 Å². The summed E-state index contributed by atoms with van der Waals surface area (Å²) in [6.45, 7) is 5.04. The lowest BCUT2D eigenvalue weighted by Crippen LogP contribution is -2.48. The van der Waals surface area contributed by atoms with Gasteiger partial charge in [0, 0.05) is 69.0 Å². The largest absolute Gasteiger partial charge is 0.416 e. The molecule has 0 N–H and O–H groups in total. The highest BCUT2D eigenvalue weighted by atomic mass is 19.4. The van der Waals surface area contributed by atoms with Gasteiger partial charge in [0.05, 0.1) is 23.4 Å². The number of hydrogen-bond donors (Lipinski definition) is 0. The van der Waals surface area contributed by atoms with Crippen LogP contribution in [0.5, 0.6) is 0 Å². The highest BCUT2D eigenvalue weighted by Crippen LogP contribution is 2.38. The van der Waals surface area contributed by atoms with Gasteiger partial charge in [-0.2, -0.15) is 31.4 Å². The minimum atomic E-state index is -4.98. The number of nitrogens with zero attached hydrogens (tertiary/aromatic N) is 7. The van der Waals surface area contributed by atoms with Crippen LogP contribution in [0.25, 0.3) is 11.1 Å². The molecule has 14 heteroatoms. The average Bonchev–Trinajstić information content (AvgIpc) is 3.68. The molecule has 1 saturated heterocycles. The maximum atomic E-state index is 13.9. The van der Waals surface area contributed by atoms with E-state index in [0.717, 1.165) is 43.4 Å². The van der Waals surface area contributed by atoms with Crippen LogP contribution >= 0.6 is 0 Å². The van der Waals surface area contributed by atoms with Crippen molar-refractivity contribution in [1.29, 1.82) is 0 Å². The van der Waals surface area contributed by atoms with Crippen molar-refractivity contribution in [2.24, 2.45) is 13.0 Å². The Bertz CT molecular complexity index is 1470. The zero-order valence-electron chi connectivity index (χ0n) is 26.9. The monoisotopic (exact) mass is 665 g/mol. The van der Waals surface area contributed by atoms with Gasteiger partial charge in [0.25, 0.3) is 0 Å². The molecule has 1 aromatic carbocycles. The van der Waals surface area contributed by atoms with Crippen LogP contribution in [-0.2, 0) is 25.9 Å². The highest BCUT2D eigenvalue weighted by Gasteiger charge is 2.41. The van der Waals surface area contributed by atoms with Crippen molar-refractivity contribution in [2.45, 2.75) is 89.8 Å². The fourth-order valence-electron chi connectivity index (χ4n) is 6.80.